The molecule has 2 heteroatoms. The number of nitrogens with zero attached hydrogens (tertiary/aromatic N) is 2. The Morgan fingerprint density at radius 3 is 2.50 bits per heavy atom. The zero-order valence-corrected chi connectivity index (χ0v) is 6.83. The van der Waals surface area contributed by atoms with E-state index in [1.165, 1.54) is 12.5 Å². The highest BCUT2D eigenvalue weighted by Gasteiger charge is 1.93. The van der Waals surface area contributed by atoms with Crippen molar-refractivity contribution in [2.24, 2.45) is 15.9 Å². The molecular formula is C8H14N2. The predicted octanol–water partition coefficient (Wildman–Crippen LogP) is 2.28. The Bertz CT molecular complexity index is 155. The van der Waals surface area contributed by atoms with Crippen molar-refractivity contribution < 1.29 is 0 Å². The molecule has 0 aliphatic carbocycles. The van der Waals surface area contributed by atoms with E-state index in [1.807, 2.05) is 6.92 Å². The van der Waals surface area contributed by atoms with Crippen molar-refractivity contribution >= 4 is 12.1 Å². The van der Waals surface area contributed by atoms with Gasteiger partial charge in [0.1, 0.15) is 6.34 Å². The van der Waals surface area contributed by atoms with Crippen LogP contribution >= 0.6 is 0 Å². The quantitative estimate of drug-likeness (QED) is 0.422. The summed E-state index contributed by atoms with van der Waals surface area (Å²) in [4.78, 5) is 7.81. The summed E-state index contributed by atoms with van der Waals surface area (Å²) in [6, 6.07) is 0. The van der Waals surface area contributed by atoms with Crippen LogP contribution in [0.2, 0.25) is 0 Å². The summed E-state index contributed by atoms with van der Waals surface area (Å²) in [6.45, 7) is 9.62. The first kappa shape index (κ1) is 9.08. The molecule has 0 saturated heterocycles. The number of hydrogen-bond acceptors (Lipinski definition) is 1. The van der Waals surface area contributed by atoms with Crippen molar-refractivity contribution in [1.82, 2.24) is 0 Å². The maximum atomic E-state index is 4.07. The third kappa shape index (κ3) is 4.01. The van der Waals surface area contributed by atoms with Gasteiger partial charge < -0.3 is 0 Å². The van der Waals surface area contributed by atoms with E-state index in [2.05, 4.69) is 30.4 Å². The van der Waals surface area contributed by atoms with Gasteiger partial charge in [-0.25, -0.2) is 9.98 Å². The molecule has 0 atom stereocenters. The van der Waals surface area contributed by atoms with Gasteiger partial charge in [0, 0.05) is 11.9 Å². The Hall–Kier alpha value is -0.920. The largest absolute Gasteiger partial charge is 0.246 e. The zero-order valence-electron chi connectivity index (χ0n) is 6.83. The van der Waals surface area contributed by atoms with Crippen LogP contribution in [-0.2, 0) is 0 Å². The first-order valence-corrected chi connectivity index (χ1v) is 3.35. The smallest absolute Gasteiger partial charge is 0.115 e. The monoisotopic (exact) mass is 138 g/mol. The molecule has 0 spiro atoms. The molecule has 0 unspecified atom stereocenters. The molecule has 0 aliphatic rings. The van der Waals surface area contributed by atoms with E-state index in [-0.39, 0.29) is 0 Å². The van der Waals surface area contributed by atoms with Gasteiger partial charge in [0.2, 0.25) is 0 Å². The summed E-state index contributed by atoms with van der Waals surface area (Å²) in [5.41, 5.74) is 1.09. The van der Waals surface area contributed by atoms with Gasteiger partial charge in [-0.1, -0.05) is 20.4 Å². The summed E-state index contributed by atoms with van der Waals surface area (Å²) in [5, 5.41) is 0. The second-order valence-corrected chi connectivity index (χ2v) is 2.37. The van der Waals surface area contributed by atoms with Crippen LogP contribution in [0.4, 0.5) is 0 Å². The second kappa shape index (κ2) is 4.91. The van der Waals surface area contributed by atoms with Gasteiger partial charge in [0.15, 0.2) is 0 Å². The molecule has 10 heavy (non-hydrogen) atoms. The molecule has 0 fully saturated rings. The highest BCUT2D eigenvalue weighted by Crippen LogP contribution is 1.94. The molecule has 0 aliphatic heterocycles. The standard InChI is InChI=1S/C8H14N2/c1-5-9-6-10-8(4)7(2)3/h5-7H,1H2,2-4H3/b9-6-,10-8+. The maximum Gasteiger partial charge on any atom is 0.115 e. The van der Waals surface area contributed by atoms with Gasteiger partial charge in [0.05, 0.1) is 0 Å². The average molecular weight is 138 g/mol. The van der Waals surface area contributed by atoms with E-state index >= 15 is 0 Å². The lowest BCUT2D eigenvalue weighted by atomic mass is 10.1. The molecule has 0 bridgehead atoms. The van der Waals surface area contributed by atoms with Gasteiger partial charge in [-0.05, 0) is 12.8 Å². The molecule has 2 nitrogen and oxygen atoms in total. The van der Waals surface area contributed by atoms with Crippen molar-refractivity contribution in [3.05, 3.63) is 12.8 Å². The summed E-state index contributed by atoms with van der Waals surface area (Å²) in [5.74, 6) is 0.497. The molecule has 0 heterocycles. The average Bonchev–Trinajstić information content (AvgIpc) is 1.88. The fourth-order valence-corrected chi connectivity index (χ4v) is 0.321. The van der Waals surface area contributed by atoms with Crippen LogP contribution in [0.1, 0.15) is 20.8 Å². The molecule has 0 radical (unpaired) electrons. The predicted molar refractivity (Wildman–Crippen MR) is 46.6 cm³/mol. The Morgan fingerprint density at radius 2 is 2.10 bits per heavy atom. The van der Waals surface area contributed by atoms with Gasteiger partial charge in [0.25, 0.3) is 0 Å². The summed E-state index contributed by atoms with van der Waals surface area (Å²) in [6.07, 6.45) is 2.99. The highest BCUT2D eigenvalue weighted by atomic mass is 14.8. The molecular weight excluding hydrogens is 124 g/mol. The lowest BCUT2D eigenvalue weighted by molar-refractivity contribution is 0.881. The first-order chi connectivity index (χ1) is 4.68. The van der Waals surface area contributed by atoms with Gasteiger partial charge in [-0.3, -0.25) is 0 Å². The van der Waals surface area contributed by atoms with Crippen LogP contribution in [0.15, 0.2) is 22.8 Å². The van der Waals surface area contributed by atoms with E-state index in [9.17, 15) is 0 Å². The van der Waals surface area contributed by atoms with E-state index in [0.717, 1.165) is 5.71 Å². The van der Waals surface area contributed by atoms with E-state index < -0.39 is 0 Å². The van der Waals surface area contributed by atoms with Crippen LogP contribution < -0.4 is 0 Å². The van der Waals surface area contributed by atoms with E-state index in [4.69, 9.17) is 0 Å². The molecule has 56 valence electrons. The molecule has 0 amide bonds. The lowest BCUT2D eigenvalue weighted by Crippen LogP contribution is -2.01. The Kier molecular flexibility index (Phi) is 4.46. The Labute approximate surface area is 62.4 Å². The third-order valence-electron chi connectivity index (χ3n) is 1.27. The fraction of sp³-hybridized carbons (Fsp3) is 0.500. The lowest BCUT2D eigenvalue weighted by Gasteiger charge is -1.99. The van der Waals surface area contributed by atoms with Crippen molar-refractivity contribution in [2.45, 2.75) is 20.8 Å². The minimum atomic E-state index is 0.497. The topological polar surface area (TPSA) is 24.7 Å². The number of hydrogen-bond donors (Lipinski definition) is 0. The third-order valence-corrected chi connectivity index (χ3v) is 1.27. The minimum Gasteiger partial charge on any atom is -0.246 e. The molecule has 0 saturated carbocycles. The molecule has 0 N–H and O–H groups in total. The molecule has 0 rings (SSSR count). The summed E-state index contributed by atoms with van der Waals surface area (Å²) in [7, 11) is 0. The Morgan fingerprint density at radius 1 is 1.50 bits per heavy atom. The van der Waals surface area contributed by atoms with Crippen LogP contribution in [0, 0.1) is 5.92 Å². The summed E-state index contributed by atoms with van der Waals surface area (Å²) >= 11 is 0. The van der Waals surface area contributed by atoms with Gasteiger partial charge in [-0.2, -0.15) is 0 Å². The van der Waals surface area contributed by atoms with Crippen LogP contribution in [-0.4, -0.2) is 12.1 Å². The van der Waals surface area contributed by atoms with Crippen molar-refractivity contribution in [1.29, 1.82) is 0 Å². The molecule has 0 aromatic carbocycles. The number of aliphatic imine (C=N–C) groups is 2. The Balaban J connectivity index is 3.91. The van der Waals surface area contributed by atoms with Crippen LogP contribution in [0.3, 0.4) is 0 Å². The number of rotatable bonds is 3. The second-order valence-electron chi connectivity index (χ2n) is 2.37. The van der Waals surface area contributed by atoms with Crippen LogP contribution in [0.25, 0.3) is 0 Å². The molecule has 0 aromatic rings. The highest BCUT2D eigenvalue weighted by molar-refractivity contribution is 5.89. The van der Waals surface area contributed by atoms with E-state index in [0.29, 0.717) is 5.92 Å². The van der Waals surface area contributed by atoms with E-state index in [1.54, 1.807) is 0 Å². The van der Waals surface area contributed by atoms with Crippen molar-refractivity contribution in [2.75, 3.05) is 0 Å². The fourth-order valence-electron chi connectivity index (χ4n) is 0.321. The SMILES string of the molecule is C=C/N=C\N=C(/C)C(C)C. The maximum absolute atomic E-state index is 4.07. The zero-order chi connectivity index (χ0) is 7.98. The van der Waals surface area contributed by atoms with Crippen LogP contribution in [0.5, 0.6) is 0 Å². The minimum absolute atomic E-state index is 0.497. The van der Waals surface area contributed by atoms with Gasteiger partial charge >= 0.3 is 0 Å². The normalized spacial score (nSPS) is 13.0. The van der Waals surface area contributed by atoms with Crippen molar-refractivity contribution in [3.63, 3.8) is 0 Å². The summed E-state index contributed by atoms with van der Waals surface area (Å²) < 4.78 is 0. The van der Waals surface area contributed by atoms with Gasteiger partial charge in [-0.15, -0.1) is 0 Å². The first-order valence-electron chi connectivity index (χ1n) is 3.35. The molecule has 0 aromatic heterocycles. The van der Waals surface area contributed by atoms with Crippen molar-refractivity contribution in [3.8, 4) is 0 Å².